The van der Waals surface area contributed by atoms with Crippen LogP contribution in [0, 0.1) is 5.92 Å². The predicted octanol–water partition coefficient (Wildman–Crippen LogP) is 3.84. The van der Waals surface area contributed by atoms with E-state index in [-0.39, 0.29) is 24.8 Å². The van der Waals surface area contributed by atoms with Gasteiger partial charge in [0, 0.05) is 37.1 Å². The maximum Gasteiger partial charge on any atom is 0.229 e. The zero-order valence-corrected chi connectivity index (χ0v) is 19.9. The first-order valence-electron chi connectivity index (χ1n) is 10.6. The maximum absolute atomic E-state index is 13.2. The second-order valence-corrected chi connectivity index (χ2v) is 8.66. The molecule has 4 rings (SSSR count). The van der Waals surface area contributed by atoms with Gasteiger partial charge in [0.05, 0.1) is 55.4 Å². The molecule has 8 nitrogen and oxygen atoms in total. The number of benzene rings is 2. The fourth-order valence-corrected chi connectivity index (χ4v) is 4.50. The monoisotopic (exact) mass is 493 g/mol. The van der Waals surface area contributed by atoms with Crippen molar-refractivity contribution in [2.75, 3.05) is 62.2 Å². The molecule has 0 aromatic heterocycles. The van der Waals surface area contributed by atoms with Gasteiger partial charge in [-0.25, -0.2) is 0 Å². The predicted molar refractivity (Wildman–Crippen MR) is 128 cm³/mol. The van der Waals surface area contributed by atoms with Crippen LogP contribution in [0.3, 0.4) is 0 Å². The third-order valence-electron chi connectivity index (χ3n) is 5.81. The van der Waals surface area contributed by atoms with Gasteiger partial charge in [0.25, 0.3) is 0 Å². The largest absolute Gasteiger partial charge is 0.495 e. The third kappa shape index (κ3) is 4.98. The summed E-state index contributed by atoms with van der Waals surface area (Å²) in [5, 5.41) is 3.85. The number of nitrogens with one attached hydrogen (secondary N) is 1. The van der Waals surface area contributed by atoms with Gasteiger partial charge in [-0.2, -0.15) is 0 Å². The summed E-state index contributed by atoms with van der Waals surface area (Å²) in [7, 11) is 3.01. The van der Waals surface area contributed by atoms with Crippen molar-refractivity contribution in [3.8, 4) is 11.5 Å². The number of rotatable bonds is 6. The number of halogens is 2. The van der Waals surface area contributed by atoms with Crippen LogP contribution in [0.25, 0.3) is 0 Å². The molecule has 2 aromatic carbocycles. The highest BCUT2D eigenvalue weighted by molar-refractivity contribution is 6.32. The van der Waals surface area contributed by atoms with Crippen LogP contribution in [-0.2, 0) is 14.3 Å². The first kappa shape index (κ1) is 23.5. The van der Waals surface area contributed by atoms with E-state index in [1.165, 1.54) is 19.1 Å². The van der Waals surface area contributed by atoms with Crippen LogP contribution >= 0.6 is 23.2 Å². The number of hydrogen-bond donors (Lipinski definition) is 1. The van der Waals surface area contributed by atoms with Crippen molar-refractivity contribution >= 4 is 52.1 Å². The Labute approximate surface area is 202 Å². The highest BCUT2D eigenvalue weighted by Crippen LogP contribution is 2.40. The lowest BCUT2D eigenvalue weighted by Crippen LogP contribution is -2.37. The first-order valence-corrected chi connectivity index (χ1v) is 11.3. The Balaban J connectivity index is 1.53. The molecule has 176 valence electrons. The number of nitrogens with zero attached hydrogens (tertiary/aromatic N) is 2. The molecule has 2 aromatic rings. The smallest absolute Gasteiger partial charge is 0.229 e. The van der Waals surface area contributed by atoms with E-state index in [2.05, 4.69) is 10.2 Å². The van der Waals surface area contributed by atoms with E-state index in [1.54, 1.807) is 24.3 Å². The van der Waals surface area contributed by atoms with Gasteiger partial charge in [0.2, 0.25) is 11.8 Å². The Morgan fingerprint density at radius 2 is 1.79 bits per heavy atom. The van der Waals surface area contributed by atoms with Crippen LogP contribution in [0.5, 0.6) is 11.5 Å². The van der Waals surface area contributed by atoms with E-state index in [4.69, 9.17) is 37.4 Å². The van der Waals surface area contributed by atoms with Crippen molar-refractivity contribution < 1.29 is 23.8 Å². The molecular weight excluding hydrogens is 469 g/mol. The maximum atomic E-state index is 13.2. The van der Waals surface area contributed by atoms with E-state index in [0.29, 0.717) is 46.1 Å². The number of morpholine rings is 1. The zero-order chi connectivity index (χ0) is 23.5. The van der Waals surface area contributed by atoms with Gasteiger partial charge in [0.1, 0.15) is 11.5 Å². The normalized spacial score (nSPS) is 18.4. The average Bonchev–Trinajstić information content (AvgIpc) is 3.21. The van der Waals surface area contributed by atoms with Crippen LogP contribution in [0.2, 0.25) is 10.0 Å². The number of hydrogen-bond acceptors (Lipinski definition) is 6. The summed E-state index contributed by atoms with van der Waals surface area (Å²) >= 11 is 12.5. The summed E-state index contributed by atoms with van der Waals surface area (Å²) in [5.41, 5.74) is 1.99. The van der Waals surface area contributed by atoms with Crippen molar-refractivity contribution in [1.82, 2.24) is 0 Å². The van der Waals surface area contributed by atoms with Crippen molar-refractivity contribution in [3.63, 3.8) is 0 Å². The second-order valence-electron chi connectivity index (χ2n) is 7.81. The Morgan fingerprint density at radius 3 is 2.48 bits per heavy atom. The highest BCUT2D eigenvalue weighted by atomic mass is 35.5. The van der Waals surface area contributed by atoms with Gasteiger partial charge < -0.3 is 29.3 Å². The zero-order valence-electron chi connectivity index (χ0n) is 18.4. The Kier molecular flexibility index (Phi) is 7.17. The van der Waals surface area contributed by atoms with E-state index < -0.39 is 5.92 Å². The molecule has 0 spiro atoms. The number of anilines is 3. The molecule has 2 aliphatic rings. The standard InChI is InChI=1S/C23H25Cl2N3O5/c1-31-20-12-21(32-2)19(11-16(20)25)28-13-14(9-22(28)29)23(30)26-17-10-15(24)3-4-18(17)27-5-7-33-8-6-27/h3-4,10-12,14H,5-9,13H2,1-2H3,(H,26,30)/t14-/m0/s1. The molecule has 2 fully saturated rings. The highest BCUT2D eigenvalue weighted by Gasteiger charge is 2.37. The molecule has 2 amide bonds. The second kappa shape index (κ2) is 10.1. The van der Waals surface area contributed by atoms with Gasteiger partial charge in [-0.05, 0) is 24.3 Å². The quantitative estimate of drug-likeness (QED) is 0.658. The molecule has 1 atom stereocenters. The molecule has 10 heteroatoms. The lowest BCUT2D eigenvalue weighted by molar-refractivity contribution is -0.122. The molecule has 33 heavy (non-hydrogen) atoms. The van der Waals surface area contributed by atoms with E-state index in [1.807, 2.05) is 6.07 Å². The minimum Gasteiger partial charge on any atom is -0.495 e. The molecule has 0 bridgehead atoms. The molecule has 1 N–H and O–H groups in total. The topological polar surface area (TPSA) is 80.3 Å². The molecule has 2 heterocycles. The molecule has 2 saturated heterocycles. The molecule has 0 aliphatic carbocycles. The molecule has 0 radical (unpaired) electrons. The Hall–Kier alpha value is -2.68. The number of carbonyl (C=O) groups is 2. The summed E-state index contributed by atoms with van der Waals surface area (Å²) in [4.78, 5) is 29.6. The average molecular weight is 494 g/mol. The van der Waals surface area contributed by atoms with Gasteiger partial charge in [0.15, 0.2) is 0 Å². The first-order chi connectivity index (χ1) is 15.9. The summed E-state index contributed by atoms with van der Waals surface area (Å²) in [5.74, 6) is -0.0973. The molecule has 0 unspecified atom stereocenters. The lowest BCUT2D eigenvalue weighted by atomic mass is 10.1. The minimum absolute atomic E-state index is 0.0755. The number of amides is 2. The van der Waals surface area contributed by atoms with Crippen LogP contribution < -0.4 is 24.6 Å². The number of ether oxygens (including phenoxy) is 3. The molecular formula is C23H25Cl2N3O5. The van der Waals surface area contributed by atoms with Crippen molar-refractivity contribution in [1.29, 1.82) is 0 Å². The fraction of sp³-hybridized carbons (Fsp3) is 0.391. The van der Waals surface area contributed by atoms with E-state index in [0.717, 1.165) is 18.8 Å². The molecule has 2 aliphatic heterocycles. The lowest BCUT2D eigenvalue weighted by Gasteiger charge is -2.30. The van der Waals surface area contributed by atoms with Gasteiger partial charge in [-0.15, -0.1) is 0 Å². The van der Waals surface area contributed by atoms with Gasteiger partial charge in [-0.3, -0.25) is 9.59 Å². The van der Waals surface area contributed by atoms with Crippen molar-refractivity contribution in [2.24, 2.45) is 5.92 Å². The summed E-state index contributed by atoms with van der Waals surface area (Å²) < 4.78 is 16.1. The summed E-state index contributed by atoms with van der Waals surface area (Å²) in [6, 6.07) is 8.65. The van der Waals surface area contributed by atoms with Crippen molar-refractivity contribution in [2.45, 2.75) is 6.42 Å². The van der Waals surface area contributed by atoms with Crippen LogP contribution in [0.4, 0.5) is 17.1 Å². The van der Waals surface area contributed by atoms with Gasteiger partial charge in [-0.1, -0.05) is 23.2 Å². The third-order valence-corrected chi connectivity index (χ3v) is 6.34. The van der Waals surface area contributed by atoms with Crippen LogP contribution in [-0.4, -0.2) is 58.9 Å². The summed E-state index contributed by atoms with van der Waals surface area (Å²) in [6.45, 7) is 2.89. The van der Waals surface area contributed by atoms with Crippen LogP contribution in [0.1, 0.15) is 6.42 Å². The van der Waals surface area contributed by atoms with Crippen LogP contribution in [0.15, 0.2) is 30.3 Å². The van der Waals surface area contributed by atoms with Crippen molar-refractivity contribution in [3.05, 3.63) is 40.4 Å². The fourth-order valence-electron chi connectivity index (χ4n) is 4.09. The van der Waals surface area contributed by atoms with Gasteiger partial charge >= 0.3 is 0 Å². The van der Waals surface area contributed by atoms with E-state index in [9.17, 15) is 9.59 Å². The number of methoxy groups -OCH3 is 2. The summed E-state index contributed by atoms with van der Waals surface area (Å²) in [6.07, 6.45) is 0.0755. The SMILES string of the molecule is COc1cc(OC)c(N2C[C@@H](C(=O)Nc3cc(Cl)ccc3N3CCOCC3)CC2=O)cc1Cl. The van der Waals surface area contributed by atoms with E-state index >= 15 is 0 Å². The minimum atomic E-state index is -0.542. The Bertz CT molecular complexity index is 1060. The Morgan fingerprint density at radius 1 is 1.06 bits per heavy atom. The number of carbonyl (C=O) groups excluding carboxylic acids is 2. The molecule has 0 saturated carbocycles.